The SMILES string of the molecule is CC(=O)O.CCCc1cnc(-c2ccc(-c3ccccc3)cc2)nc1. The monoisotopic (exact) mass is 334 g/mol. The Morgan fingerprint density at radius 3 is 1.88 bits per heavy atom. The zero-order valence-corrected chi connectivity index (χ0v) is 14.5. The van der Waals surface area contributed by atoms with E-state index >= 15 is 0 Å². The molecule has 0 radical (unpaired) electrons. The molecule has 0 saturated heterocycles. The van der Waals surface area contributed by atoms with Gasteiger partial charge in [-0.05, 0) is 23.1 Å². The van der Waals surface area contributed by atoms with Crippen molar-refractivity contribution in [1.82, 2.24) is 9.97 Å². The summed E-state index contributed by atoms with van der Waals surface area (Å²) < 4.78 is 0. The van der Waals surface area contributed by atoms with Gasteiger partial charge >= 0.3 is 0 Å². The largest absolute Gasteiger partial charge is 0.481 e. The lowest BCUT2D eigenvalue weighted by Crippen LogP contribution is -1.92. The molecule has 3 rings (SSSR count). The van der Waals surface area contributed by atoms with E-state index in [1.165, 1.54) is 16.7 Å². The van der Waals surface area contributed by atoms with Crippen molar-refractivity contribution in [3.8, 4) is 22.5 Å². The summed E-state index contributed by atoms with van der Waals surface area (Å²) in [6, 6.07) is 18.8. The normalized spacial score (nSPS) is 9.84. The number of aromatic nitrogens is 2. The van der Waals surface area contributed by atoms with Gasteiger partial charge in [0.2, 0.25) is 0 Å². The van der Waals surface area contributed by atoms with Crippen LogP contribution in [0.4, 0.5) is 0 Å². The first-order chi connectivity index (χ1) is 12.1. The second kappa shape index (κ2) is 9.33. The Hall–Kier alpha value is -3.01. The fourth-order valence-corrected chi connectivity index (χ4v) is 2.36. The number of rotatable bonds is 4. The second-order valence-electron chi connectivity index (χ2n) is 5.63. The van der Waals surface area contributed by atoms with Gasteiger partial charge in [-0.25, -0.2) is 9.97 Å². The topological polar surface area (TPSA) is 63.1 Å². The van der Waals surface area contributed by atoms with Crippen LogP contribution < -0.4 is 0 Å². The maximum atomic E-state index is 9.00. The molecule has 0 atom stereocenters. The van der Waals surface area contributed by atoms with Gasteiger partial charge < -0.3 is 5.11 Å². The summed E-state index contributed by atoms with van der Waals surface area (Å²) in [5, 5.41) is 7.42. The third kappa shape index (κ3) is 5.84. The Morgan fingerprint density at radius 1 is 0.880 bits per heavy atom. The van der Waals surface area contributed by atoms with Crippen molar-refractivity contribution in [2.75, 3.05) is 0 Å². The first-order valence-electron chi connectivity index (χ1n) is 8.26. The molecule has 0 bridgehead atoms. The predicted octanol–water partition coefficient (Wildman–Crippen LogP) is 4.85. The number of carboxylic acids is 1. The first kappa shape index (κ1) is 18.3. The van der Waals surface area contributed by atoms with Crippen LogP contribution in [0, 0.1) is 0 Å². The lowest BCUT2D eigenvalue weighted by atomic mass is 10.0. The molecule has 4 heteroatoms. The highest BCUT2D eigenvalue weighted by molar-refractivity contribution is 5.67. The van der Waals surface area contributed by atoms with Crippen molar-refractivity contribution < 1.29 is 9.90 Å². The minimum atomic E-state index is -0.833. The summed E-state index contributed by atoms with van der Waals surface area (Å²) in [7, 11) is 0. The maximum absolute atomic E-state index is 9.00. The Morgan fingerprint density at radius 2 is 1.36 bits per heavy atom. The Labute approximate surface area is 148 Å². The number of aryl methyl sites for hydroxylation is 1. The van der Waals surface area contributed by atoms with E-state index in [1.807, 2.05) is 18.5 Å². The van der Waals surface area contributed by atoms with E-state index in [0.29, 0.717) is 0 Å². The van der Waals surface area contributed by atoms with Crippen molar-refractivity contribution in [2.45, 2.75) is 26.7 Å². The van der Waals surface area contributed by atoms with Gasteiger partial charge in [0, 0.05) is 24.9 Å². The van der Waals surface area contributed by atoms with Crippen LogP contribution in [-0.4, -0.2) is 21.0 Å². The highest BCUT2D eigenvalue weighted by atomic mass is 16.4. The van der Waals surface area contributed by atoms with Crippen LogP contribution in [0.1, 0.15) is 25.8 Å². The summed E-state index contributed by atoms with van der Waals surface area (Å²) in [5.74, 6) is -0.0468. The number of hydrogen-bond acceptors (Lipinski definition) is 3. The molecule has 1 aromatic heterocycles. The van der Waals surface area contributed by atoms with E-state index in [4.69, 9.17) is 9.90 Å². The zero-order chi connectivity index (χ0) is 18.1. The van der Waals surface area contributed by atoms with E-state index in [1.54, 1.807) is 0 Å². The molecule has 0 fully saturated rings. The number of benzene rings is 2. The van der Waals surface area contributed by atoms with Crippen molar-refractivity contribution >= 4 is 5.97 Å². The fourth-order valence-electron chi connectivity index (χ4n) is 2.36. The molecular weight excluding hydrogens is 312 g/mol. The summed E-state index contributed by atoms with van der Waals surface area (Å²) in [6.07, 6.45) is 6.01. The molecule has 0 spiro atoms. The smallest absolute Gasteiger partial charge is 0.300 e. The summed E-state index contributed by atoms with van der Waals surface area (Å²) in [5.41, 5.74) is 4.69. The Bertz CT molecular complexity index is 778. The lowest BCUT2D eigenvalue weighted by Gasteiger charge is -2.04. The molecule has 0 aliphatic rings. The van der Waals surface area contributed by atoms with Crippen molar-refractivity contribution in [3.63, 3.8) is 0 Å². The van der Waals surface area contributed by atoms with Crippen LogP contribution in [0.5, 0.6) is 0 Å². The molecular formula is C21H22N2O2. The van der Waals surface area contributed by atoms with Crippen LogP contribution in [0.25, 0.3) is 22.5 Å². The van der Waals surface area contributed by atoms with E-state index < -0.39 is 5.97 Å². The molecule has 2 aromatic carbocycles. The number of carboxylic acid groups (broad SMARTS) is 1. The van der Waals surface area contributed by atoms with Gasteiger partial charge in [0.15, 0.2) is 5.82 Å². The lowest BCUT2D eigenvalue weighted by molar-refractivity contribution is -0.134. The molecule has 0 unspecified atom stereocenters. The molecule has 1 N–H and O–H groups in total. The molecule has 1 heterocycles. The maximum Gasteiger partial charge on any atom is 0.300 e. The first-order valence-corrected chi connectivity index (χ1v) is 8.26. The third-order valence-electron chi connectivity index (χ3n) is 3.49. The van der Waals surface area contributed by atoms with Crippen molar-refractivity contribution in [3.05, 3.63) is 72.6 Å². The van der Waals surface area contributed by atoms with E-state index in [0.717, 1.165) is 31.2 Å². The van der Waals surface area contributed by atoms with Gasteiger partial charge in [-0.1, -0.05) is 67.9 Å². The third-order valence-corrected chi connectivity index (χ3v) is 3.49. The zero-order valence-electron chi connectivity index (χ0n) is 14.5. The van der Waals surface area contributed by atoms with Gasteiger partial charge in [0.05, 0.1) is 0 Å². The quantitative estimate of drug-likeness (QED) is 0.740. The van der Waals surface area contributed by atoms with Gasteiger partial charge in [-0.3, -0.25) is 4.79 Å². The molecule has 0 amide bonds. The van der Waals surface area contributed by atoms with Crippen LogP contribution in [0.2, 0.25) is 0 Å². The van der Waals surface area contributed by atoms with E-state index in [2.05, 4.69) is 65.4 Å². The molecule has 0 aliphatic carbocycles. The summed E-state index contributed by atoms with van der Waals surface area (Å²) >= 11 is 0. The average Bonchev–Trinajstić information content (AvgIpc) is 2.63. The van der Waals surface area contributed by atoms with Crippen LogP contribution >= 0.6 is 0 Å². The van der Waals surface area contributed by atoms with E-state index in [-0.39, 0.29) is 0 Å². The summed E-state index contributed by atoms with van der Waals surface area (Å²) in [6.45, 7) is 3.25. The van der Waals surface area contributed by atoms with Crippen molar-refractivity contribution in [2.24, 2.45) is 0 Å². The number of hydrogen-bond donors (Lipinski definition) is 1. The highest BCUT2D eigenvalue weighted by Gasteiger charge is 2.02. The molecule has 3 aromatic rings. The van der Waals surface area contributed by atoms with Gasteiger partial charge in [-0.15, -0.1) is 0 Å². The Kier molecular flexibility index (Phi) is 6.84. The molecule has 128 valence electrons. The van der Waals surface area contributed by atoms with Gasteiger partial charge in [-0.2, -0.15) is 0 Å². The minimum Gasteiger partial charge on any atom is -0.481 e. The van der Waals surface area contributed by atoms with Crippen LogP contribution in [-0.2, 0) is 11.2 Å². The fraction of sp³-hybridized carbons (Fsp3) is 0.190. The molecule has 4 nitrogen and oxygen atoms in total. The molecule has 0 saturated carbocycles. The van der Waals surface area contributed by atoms with Gasteiger partial charge in [0.1, 0.15) is 0 Å². The van der Waals surface area contributed by atoms with E-state index in [9.17, 15) is 0 Å². The number of aliphatic carboxylic acids is 1. The van der Waals surface area contributed by atoms with Crippen LogP contribution in [0.3, 0.4) is 0 Å². The predicted molar refractivity (Wildman–Crippen MR) is 100 cm³/mol. The second-order valence-corrected chi connectivity index (χ2v) is 5.63. The van der Waals surface area contributed by atoms with Gasteiger partial charge in [0.25, 0.3) is 5.97 Å². The van der Waals surface area contributed by atoms with Crippen LogP contribution in [0.15, 0.2) is 67.0 Å². The number of nitrogens with zero attached hydrogens (tertiary/aromatic N) is 2. The molecule has 0 aliphatic heterocycles. The highest BCUT2D eigenvalue weighted by Crippen LogP contribution is 2.22. The summed E-state index contributed by atoms with van der Waals surface area (Å²) in [4.78, 5) is 17.9. The number of carbonyl (C=O) groups is 1. The minimum absolute atomic E-state index is 0.787. The molecule has 25 heavy (non-hydrogen) atoms. The Balaban J connectivity index is 0.000000511. The average molecular weight is 334 g/mol. The van der Waals surface area contributed by atoms with Crippen molar-refractivity contribution in [1.29, 1.82) is 0 Å². The standard InChI is InChI=1S/C19H18N2.C2H4O2/c1-2-6-15-13-20-19(21-14-15)18-11-9-17(10-12-18)16-7-4-3-5-8-16;1-2(3)4/h3-5,7-14H,2,6H2,1H3;1H3,(H,3,4).